The maximum absolute atomic E-state index is 12.7. The average Bonchev–Trinajstić information content (AvgIpc) is 3.12. The van der Waals surface area contributed by atoms with E-state index < -0.39 is 0 Å². The summed E-state index contributed by atoms with van der Waals surface area (Å²) in [6.45, 7) is 9.50. The third-order valence-corrected chi connectivity index (χ3v) is 6.05. The number of amides is 3. The summed E-state index contributed by atoms with van der Waals surface area (Å²) in [6.07, 6.45) is 0.482. The minimum Gasteiger partial charge on any atom is -0.369 e. The number of piperazine rings is 1. The summed E-state index contributed by atoms with van der Waals surface area (Å²) in [5.74, 6) is -0.628. The number of aryl methyl sites for hydroxylation is 1. The smallest absolute Gasteiger partial charge is 0.255 e. The van der Waals surface area contributed by atoms with E-state index in [1.165, 1.54) is 10.6 Å². The fraction of sp³-hybridized carbons (Fsp3) is 0.375. The van der Waals surface area contributed by atoms with Gasteiger partial charge in [-0.1, -0.05) is 6.92 Å². The Kier molecular flexibility index (Phi) is 6.04. The van der Waals surface area contributed by atoms with E-state index in [0.717, 1.165) is 44.0 Å². The van der Waals surface area contributed by atoms with Crippen LogP contribution < -0.4 is 15.1 Å². The van der Waals surface area contributed by atoms with Crippen molar-refractivity contribution in [3.8, 4) is 0 Å². The molecule has 0 unspecified atom stereocenters. The van der Waals surface area contributed by atoms with E-state index in [-0.39, 0.29) is 30.6 Å². The fourth-order valence-corrected chi connectivity index (χ4v) is 4.22. The highest BCUT2D eigenvalue weighted by molar-refractivity contribution is 6.20. The number of nitrogens with zero attached hydrogens (tertiary/aromatic N) is 3. The van der Waals surface area contributed by atoms with Crippen molar-refractivity contribution in [1.29, 1.82) is 0 Å². The molecule has 1 N–H and O–H groups in total. The van der Waals surface area contributed by atoms with Crippen LogP contribution in [0.3, 0.4) is 0 Å². The maximum atomic E-state index is 12.7. The summed E-state index contributed by atoms with van der Waals surface area (Å²) in [4.78, 5) is 42.4. The molecule has 7 nitrogen and oxygen atoms in total. The van der Waals surface area contributed by atoms with Crippen molar-refractivity contribution in [2.24, 2.45) is 0 Å². The molecule has 0 saturated carbocycles. The van der Waals surface area contributed by atoms with E-state index in [4.69, 9.17) is 0 Å². The molecule has 0 bridgehead atoms. The number of hydrogen-bond donors (Lipinski definition) is 1. The Bertz CT molecular complexity index is 978. The highest BCUT2D eigenvalue weighted by Gasteiger charge is 2.30. The zero-order chi connectivity index (χ0) is 22.0. The molecule has 3 amide bonds. The minimum atomic E-state index is -0.227. The van der Waals surface area contributed by atoms with E-state index in [9.17, 15) is 14.4 Å². The van der Waals surface area contributed by atoms with Crippen molar-refractivity contribution in [2.45, 2.75) is 26.7 Å². The molecule has 2 aromatic carbocycles. The number of anilines is 3. The van der Waals surface area contributed by atoms with Crippen molar-refractivity contribution in [1.82, 2.24) is 4.90 Å². The molecule has 0 spiro atoms. The minimum absolute atomic E-state index is 0.200. The van der Waals surface area contributed by atoms with Crippen LogP contribution in [0.2, 0.25) is 0 Å². The molecule has 31 heavy (non-hydrogen) atoms. The molecule has 2 saturated heterocycles. The number of imide groups is 1. The molecule has 162 valence electrons. The van der Waals surface area contributed by atoms with Crippen LogP contribution in [0.15, 0.2) is 42.5 Å². The van der Waals surface area contributed by atoms with Gasteiger partial charge in [0.2, 0.25) is 11.8 Å². The van der Waals surface area contributed by atoms with E-state index in [0.29, 0.717) is 11.3 Å². The van der Waals surface area contributed by atoms with Crippen molar-refractivity contribution in [3.05, 3.63) is 53.6 Å². The first-order valence-electron chi connectivity index (χ1n) is 10.8. The largest absolute Gasteiger partial charge is 0.369 e. The van der Waals surface area contributed by atoms with E-state index >= 15 is 0 Å². The molecule has 2 aliphatic rings. The van der Waals surface area contributed by atoms with Gasteiger partial charge in [0.1, 0.15) is 0 Å². The molecule has 0 radical (unpaired) electrons. The second kappa shape index (κ2) is 8.89. The summed E-state index contributed by atoms with van der Waals surface area (Å²) >= 11 is 0. The highest BCUT2D eigenvalue weighted by Crippen LogP contribution is 2.26. The molecule has 2 fully saturated rings. The van der Waals surface area contributed by atoms with Gasteiger partial charge in [-0.15, -0.1) is 0 Å². The number of carbonyl (C=O) groups is 3. The Hall–Kier alpha value is -3.19. The van der Waals surface area contributed by atoms with Crippen molar-refractivity contribution in [3.63, 3.8) is 0 Å². The van der Waals surface area contributed by atoms with Crippen LogP contribution in [-0.4, -0.2) is 55.3 Å². The summed E-state index contributed by atoms with van der Waals surface area (Å²) in [5.41, 5.74) is 4.06. The lowest BCUT2D eigenvalue weighted by Crippen LogP contribution is -2.46. The molecule has 2 aliphatic heterocycles. The lowest BCUT2D eigenvalue weighted by atomic mass is 10.1. The second-order valence-electron chi connectivity index (χ2n) is 8.05. The van der Waals surface area contributed by atoms with Gasteiger partial charge >= 0.3 is 0 Å². The molecular formula is C24H28N4O3. The van der Waals surface area contributed by atoms with Crippen LogP contribution in [0.4, 0.5) is 17.1 Å². The third kappa shape index (κ3) is 4.46. The summed E-state index contributed by atoms with van der Waals surface area (Å²) in [6, 6.07) is 12.6. The Balaban J connectivity index is 1.41. The van der Waals surface area contributed by atoms with Gasteiger partial charge in [-0.25, -0.2) is 0 Å². The van der Waals surface area contributed by atoms with Crippen LogP contribution in [0.1, 0.15) is 35.7 Å². The summed E-state index contributed by atoms with van der Waals surface area (Å²) in [5, 5.41) is 2.94. The fourth-order valence-electron chi connectivity index (χ4n) is 4.22. The number of hydrogen-bond acceptors (Lipinski definition) is 5. The first-order chi connectivity index (χ1) is 15.0. The molecule has 2 heterocycles. The zero-order valence-electron chi connectivity index (χ0n) is 18.1. The Morgan fingerprint density at radius 3 is 2.16 bits per heavy atom. The number of benzene rings is 2. The van der Waals surface area contributed by atoms with Crippen LogP contribution in [0.5, 0.6) is 0 Å². The quantitative estimate of drug-likeness (QED) is 0.753. The van der Waals surface area contributed by atoms with E-state index in [2.05, 4.69) is 35.0 Å². The highest BCUT2D eigenvalue weighted by atomic mass is 16.2. The second-order valence-corrected chi connectivity index (χ2v) is 8.05. The predicted molar refractivity (Wildman–Crippen MR) is 122 cm³/mol. The first kappa shape index (κ1) is 21.1. The van der Waals surface area contributed by atoms with Gasteiger partial charge < -0.3 is 15.1 Å². The Morgan fingerprint density at radius 2 is 1.58 bits per heavy atom. The van der Waals surface area contributed by atoms with Gasteiger partial charge in [0, 0.05) is 56.0 Å². The van der Waals surface area contributed by atoms with E-state index in [1.54, 1.807) is 24.3 Å². The lowest BCUT2D eigenvalue weighted by Gasteiger charge is -2.36. The topological polar surface area (TPSA) is 73.0 Å². The maximum Gasteiger partial charge on any atom is 0.255 e. The Morgan fingerprint density at radius 1 is 0.935 bits per heavy atom. The van der Waals surface area contributed by atoms with Crippen LogP contribution in [-0.2, 0) is 9.59 Å². The third-order valence-electron chi connectivity index (χ3n) is 6.05. The molecule has 7 heteroatoms. The molecular weight excluding hydrogens is 392 g/mol. The van der Waals surface area contributed by atoms with Gasteiger partial charge in [0.25, 0.3) is 5.91 Å². The average molecular weight is 421 g/mol. The first-order valence-corrected chi connectivity index (χ1v) is 10.8. The van der Waals surface area contributed by atoms with Crippen molar-refractivity contribution >= 4 is 34.8 Å². The zero-order valence-corrected chi connectivity index (χ0v) is 18.1. The van der Waals surface area contributed by atoms with Gasteiger partial charge in [-0.2, -0.15) is 0 Å². The number of nitrogens with one attached hydrogen (secondary N) is 1. The van der Waals surface area contributed by atoms with Gasteiger partial charge in [0.05, 0.1) is 5.69 Å². The summed E-state index contributed by atoms with van der Waals surface area (Å²) in [7, 11) is 0. The summed E-state index contributed by atoms with van der Waals surface area (Å²) < 4.78 is 0. The molecule has 2 aromatic rings. The number of rotatable bonds is 5. The van der Waals surface area contributed by atoms with Crippen LogP contribution in [0.25, 0.3) is 0 Å². The van der Waals surface area contributed by atoms with Crippen LogP contribution in [0, 0.1) is 6.92 Å². The predicted octanol–water partition coefficient (Wildman–Crippen LogP) is 3.04. The SMILES string of the molecule is CCN1CCN(c2ccc(NC(=O)c3ccc(N4C(=O)CCC4=O)cc3)cc2C)CC1. The van der Waals surface area contributed by atoms with Crippen molar-refractivity contribution in [2.75, 3.05) is 47.8 Å². The van der Waals surface area contributed by atoms with Crippen molar-refractivity contribution < 1.29 is 14.4 Å². The molecule has 0 aromatic heterocycles. The van der Waals surface area contributed by atoms with Crippen LogP contribution >= 0.6 is 0 Å². The molecule has 0 aliphatic carbocycles. The van der Waals surface area contributed by atoms with Gasteiger partial charge in [0.15, 0.2) is 0 Å². The van der Waals surface area contributed by atoms with Gasteiger partial charge in [-0.3, -0.25) is 19.3 Å². The Labute approximate surface area is 182 Å². The monoisotopic (exact) mass is 420 g/mol. The molecule has 4 rings (SSSR count). The van der Waals surface area contributed by atoms with Gasteiger partial charge in [-0.05, 0) is 61.5 Å². The lowest BCUT2D eigenvalue weighted by molar-refractivity contribution is -0.121. The molecule has 0 atom stereocenters. The normalized spacial score (nSPS) is 17.4. The van der Waals surface area contributed by atoms with E-state index in [1.807, 2.05) is 12.1 Å². The standard InChI is InChI=1S/C24H28N4O3/c1-3-26-12-14-27(15-13-26)21-9-6-19(16-17(21)2)25-24(31)18-4-7-20(8-5-18)28-22(29)10-11-23(28)30/h4-9,16H,3,10-15H2,1-2H3,(H,25,31). The number of carbonyl (C=O) groups excluding carboxylic acids is 3. The number of likely N-dealkylation sites (N-methyl/N-ethyl adjacent to an activating group) is 1.